The molecule has 3 heteroatoms. The van der Waals surface area contributed by atoms with Gasteiger partial charge in [-0.1, -0.05) is 13.8 Å². The van der Waals surface area contributed by atoms with Gasteiger partial charge in [-0.05, 0) is 24.7 Å². The molecule has 15 heavy (non-hydrogen) atoms. The van der Waals surface area contributed by atoms with Crippen molar-refractivity contribution in [2.75, 3.05) is 14.2 Å². The molecular weight excluding hydrogens is 192 g/mol. The van der Waals surface area contributed by atoms with Crippen molar-refractivity contribution in [3.8, 4) is 0 Å². The Labute approximate surface area is 92.1 Å². The lowest BCUT2D eigenvalue weighted by Crippen LogP contribution is -2.39. The Bertz CT molecular complexity index is 209. The van der Waals surface area contributed by atoms with Crippen LogP contribution in [-0.4, -0.2) is 26.8 Å². The largest absolute Gasteiger partial charge is 0.356 e. The highest BCUT2D eigenvalue weighted by Crippen LogP contribution is 2.42. The first kappa shape index (κ1) is 12.7. The second kappa shape index (κ2) is 5.08. The van der Waals surface area contributed by atoms with E-state index >= 15 is 0 Å². The molecule has 1 rings (SSSR count). The van der Waals surface area contributed by atoms with Gasteiger partial charge in [-0.3, -0.25) is 0 Å². The summed E-state index contributed by atoms with van der Waals surface area (Å²) in [6, 6.07) is 0. The summed E-state index contributed by atoms with van der Waals surface area (Å²) in [6.07, 6.45) is 3.89. The van der Waals surface area contributed by atoms with Crippen molar-refractivity contribution < 1.29 is 14.3 Å². The van der Waals surface area contributed by atoms with E-state index in [1.807, 2.05) is 0 Å². The predicted molar refractivity (Wildman–Crippen MR) is 58.5 cm³/mol. The van der Waals surface area contributed by atoms with Gasteiger partial charge < -0.3 is 14.3 Å². The zero-order valence-corrected chi connectivity index (χ0v) is 10.2. The SMILES string of the molecule is COC(OC)C1CCC(C)(C)CC1C=O. The van der Waals surface area contributed by atoms with Crippen LogP contribution in [-0.2, 0) is 14.3 Å². The number of rotatable bonds is 4. The normalized spacial score (nSPS) is 30.5. The number of aldehydes is 1. The quantitative estimate of drug-likeness (QED) is 0.532. The first-order valence-corrected chi connectivity index (χ1v) is 5.55. The van der Waals surface area contributed by atoms with Crippen molar-refractivity contribution >= 4 is 6.29 Å². The molecule has 0 aliphatic heterocycles. The first-order chi connectivity index (χ1) is 7.04. The highest BCUT2D eigenvalue weighted by atomic mass is 16.7. The summed E-state index contributed by atoms with van der Waals surface area (Å²) >= 11 is 0. The van der Waals surface area contributed by atoms with Crippen LogP contribution in [0.3, 0.4) is 0 Å². The molecule has 0 amide bonds. The summed E-state index contributed by atoms with van der Waals surface area (Å²) in [5, 5.41) is 0. The maximum Gasteiger partial charge on any atom is 0.160 e. The van der Waals surface area contributed by atoms with Crippen LogP contribution in [0.4, 0.5) is 0 Å². The van der Waals surface area contributed by atoms with Crippen LogP contribution >= 0.6 is 0 Å². The molecule has 2 atom stereocenters. The van der Waals surface area contributed by atoms with Gasteiger partial charge in [0, 0.05) is 26.1 Å². The number of hydrogen-bond donors (Lipinski definition) is 0. The maximum absolute atomic E-state index is 11.1. The van der Waals surface area contributed by atoms with Gasteiger partial charge >= 0.3 is 0 Å². The summed E-state index contributed by atoms with van der Waals surface area (Å²) in [4.78, 5) is 11.1. The highest BCUT2D eigenvalue weighted by molar-refractivity contribution is 5.54. The molecule has 1 aliphatic rings. The Balaban J connectivity index is 2.69. The lowest BCUT2D eigenvalue weighted by molar-refractivity contribution is -0.164. The Morgan fingerprint density at radius 3 is 2.40 bits per heavy atom. The molecule has 2 unspecified atom stereocenters. The molecule has 88 valence electrons. The van der Waals surface area contributed by atoms with E-state index in [9.17, 15) is 4.79 Å². The molecule has 0 aromatic rings. The molecule has 0 bridgehead atoms. The zero-order chi connectivity index (χ0) is 11.5. The lowest BCUT2D eigenvalue weighted by Gasteiger charge is -2.40. The van der Waals surface area contributed by atoms with E-state index in [1.54, 1.807) is 14.2 Å². The Hall–Kier alpha value is -0.410. The van der Waals surface area contributed by atoms with E-state index in [0.29, 0.717) is 0 Å². The van der Waals surface area contributed by atoms with Crippen molar-refractivity contribution in [3.63, 3.8) is 0 Å². The number of carbonyl (C=O) groups is 1. The van der Waals surface area contributed by atoms with Crippen LogP contribution in [0, 0.1) is 17.3 Å². The van der Waals surface area contributed by atoms with Gasteiger partial charge in [0.15, 0.2) is 6.29 Å². The van der Waals surface area contributed by atoms with Crippen LogP contribution < -0.4 is 0 Å². The van der Waals surface area contributed by atoms with Crippen molar-refractivity contribution in [1.82, 2.24) is 0 Å². The number of hydrogen-bond acceptors (Lipinski definition) is 3. The molecule has 0 radical (unpaired) electrons. The van der Waals surface area contributed by atoms with Crippen molar-refractivity contribution in [2.45, 2.75) is 39.4 Å². The smallest absolute Gasteiger partial charge is 0.160 e. The van der Waals surface area contributed by atoms with Gasteiger partial charge in [-0.25, -0.2) is 0 Å². The first-order valence-electron chi connectivity index (χ1n) is 5.55. The fourth-order valence-electron chi connectivity index (χ4n) is 2.60. The van der Waals surface area contributed by atoms with E-state index < -0.39 is 0 Å². The minimum Gasteiger partial charge on any atom is -0.356 e. The standard InChI is InChI=1S/C12H22O3/c1-12(2)6-5-10(9(7-12)8-13)11(14-3)15-4/h8-11H,5-7H2,1-4H3. The summed E-state index contributed by atoms with van der Waals surface area (Å²) in [7, 11) is 3.27. The monoisotopic (exact) mass is 214 g/mol. The van der Waals surface area contributed by atoms with Gasteiger partial charge in [-0.15, -0.1) is 0 Å². The Morgan fingerprint density at radius 2 is 1.93 bits per heavy atom. The average Bonchev–Trinajstić information content (AvgIpc) is 2.21. The highest BCUT2D eigenvalue weighted by Gasteiger charge is 2.38. The second-order valence-corrected chi connectivity index (χ2v) is 5.21. The third-order valence-electron chi connectivity index (χ3n) is 3.48. The van der Waals surface area contributed by atoms with Crippen molar-refractivity contribution in [3.05, 3.63) is 0 Å². The summed E-state index contributed by atoms with van der Waals surface area (Å²) in [5.74, 6) is 0.282. The molecule has 0 heterocycles. The molecule has 0 N–H and O–H groups in total. The minimum atomic E-state index is -0.240. The van der Waals surface area contributed by atoms with Crippen LogP contribution in [0.5, 0.6) is 0 Å². The molecule has 1 fully saturated rings. The van der Waals surface area contributed by atoms with Crippen LogP contribution in [0.15, 0.2) is 0 Å². The van der Waals surface area contributed by atoms with Crippen LogP contribution in [0.25, 0.3) is 0 Å². The molecule has 0 spiro atoms. The van der Waals surface area contributed by atoms with E-state index in [2.05, 4.69) is 13.8 Å². The Morgan fingerprint density at radius 1 is 1.33 bits per heavy atom. The van der Waals surface area contributed by atoms with Crippen LogP contribution in [0.1, 0.15) is 33.1 Å². The topological polar surface area (TPSA) is 35.5 Å². The van der Waals surface area contributed by atoms with Gasteiger partial charge in [0.05, 0.1) is 0 Å². The van der Waals surface area contributed by atoms with E-state index in [0.717, 1.165) is 25.5 Å². The number of carbonyl (C=O) groups excluding carboxylic acids is 1. The van der Waals surface area contributed by atoms with Gasteiger partial charge in [-0.2, -0.15) is 0 Å². The fraction of sp³-hybridized carbons (Fsp3) is 0.917. The third kappa shape index (κ3) is 3.02. The van der Waals surface area contributed by atoms with Gasteiger partial charge in [0.1, 0.15) is 6.29 Å². The third-order valence-corrected chi connectivity index (χ3v) is 3.48. The summed E-state index contributed by atoms with van der Waals surface area (Å²) < 4.78 is 10.5. The van der Waals surface area contributed by atoms with Crippen molar-refractivity contribution in [1.29, 1.82) is 0 Å². The van der Waals surface area contributed by atoms with Crippen molar-refractivity contribution in [2.24, 2.45) is 17.3 Å². The molecule has 0 saturated heterocycles. The fourth-order valence-corrected chi connectivity index (χ4v) is 2.60. The van der Waals surface area contributed by atoms with Gasteiger partial charge in [0.25, 0.3) is 0 Å². The summed E-state index contributed by atoms with van der Waals surface area (Å²) in [6.45, 7) is 4.43. The molecule has 0 aromatic carbocycles. The number of methoxy groups -OCH3 is 2. The van der Waals surface area contributed by atoms with E-state index in [1.165, 1.54) is 0 Å². The number of ether oxygens (including phenoxy) is 2. The maximum atomic E-state index is 11.1. The van der Waals surface area contributed by atoms with Crippen LogP contribution in [0.2, 0.25) is 0 Å². The zero-order valence-electron chi connectivity index (χ0n) is 10.2. The summed E-state index contributed by atoms with van der Waals surface area (Å²) in [5.41, 5.74) is 0.272. The van der Waals surface area contributed by atoms with E-state index in [4.69, 9.17) is 9.47 Å². The average molecular weight is 214 g/mol. The van der Waals surface area contributed by atoms with Gasteiger partial charge in [0.2, 0.25) is 0 Å². The minimum absolute atomic E-state index is 0.0682. The molecule has 1 saturated carbocycles. The van der Waals surface area contributed by atoms with E-state index in [-0.39, 0.29) is 23.5 Å². The molecular formula is C12H22O3. The lowest BCUT2D eigenvalue weighted by atomic mass is 9.67. The second-order valence-electron chi connectivity index (χ2n) is 5.21. The predicted octanol–water partition coefficient (Wildman–Crippen LogP) is 2.25. The Kier molecular flexibility index (Phi) is 4.29. The molecule has 0 aromatic heterocycles. The molecule has 3 nitrogen and oxygen atoms in total. The molecule has 1 aliphatic carbocycles.